The first-order chi connectivity index (χ1) is 6.93. The average molecular weight is 186 g/mol. The van der Waals surface area contributed by atoms with Gasteiger partial charge in [0.05, 0.1) is 0 Å². The second-order valence-corrected chi connectivity index (χ2v) is 4.09. The number of aromatic nitrogens is 1. The molecular formula is C12H14N2. The molecule has 0 aliphatic carbocycles. The zero-order chi connectivity index (χ0) is 9.38. The fourth-order valence-electron chi connectivity index (χ4n) is 2.12. The van der Waals surface area contributed by atoms with E-state index >= 15 is 0 Å². The molecule has 0 unspecified atom stereocenters. The van der Waals surface area contributed by atoms with Gasteiger partial charge in [-0.2, -0.15) is 0 Å². The molecule has 1 aromatic carbocycles. The van der Waals surface area contributed by atoms with Gasteiger partial charge in [-0.25, -0.2) is 0 Å². The molecular weight excluding hydrogens is 172 g/mol. The lowest BCUT2D eigenvalue weighted by Gasteiger charge is -2.27. The van der Waals surface area contributed by atoms with E-state index in [0.717, 1.165) is 5.92 Å². The van der Waals surface area contributed by atoms with E-state index in [1.807, 2.05) is 6.20 Å². The SMILES string of the molecule is c1cc(CC2CNC2)c2[nH]ccc2c1. The summed E-state index contributed by atoms with van der Waals surface area (Å²) < 4.78 is 0. The van der Waals surface area contributed by atoms with Crippen molar-refractivity contribution in [2.24, 2.45) is 5.92 Å². The Morgan fingerprint density at radius 1 is 1.21 bits per heavy atom. The molecule has 14 heavy (non-hydrogen) atoms. The third-order valence-electron chi connectivity index (χ3n) is 3.05. The minimum absolute atomic E-state index is 0.837. The highest BCUT2D eigenvalue weighted by Crippen LogP contribution is 2.21. The number of benzene rings is 1. The lowest BCUT2D eigenvalue weighted by atomic mass is 9.93. The van der Waals surface area contributed by atoms with Crippen molar-refractivity contribution in [2.75, 3.05) is 13.1 Å². The summed E-state index contributed by atoms with van der Waals surface area (Å²) in [5.74, 6) is 0.837. The van der Waals surface area contributed by atoms with Gasteiger partial charge < -0.3 is 10.3 Å². The molecule has 2 heterocycles. The van der Waals surface area contributed by atoms with Gasteiger partial charge in [0.15, 0.2) is 0 Å². The van der Waals surface area contributed by atoms with Crippen LogP contribution in [-0.2, 0) is 6.42 Å². The molecule has 1 saturated heterocycles. The minimum atomic E-state index is 0.837. The molecule has 1 aliphatic heterocycles. The van der Waals surface area contributed by atoms with Crippen LogP contribution in [0.25, 0.3) is 10.9 Å². The van der Waals surface area contributed by atoms with Gasteiger partial charge in [0.1, 0.15) is 0 Å². The van der Waals surface area contributed by atoms with E-state index in [9.17, 15) is 0 Å². The normalized spacial score (nSPS) is 17.1. The Morgan fingerprint density at radius 2 is 2.14 bits per heavy atom. The Labute approximate surface area is 83.3 Å². The third-order valence-corrected chi connectivity index (χ3v) is 3.05. The zero-order valence-electron chi connectivity index (χ0n) is 8.09. The number of H-pyrrole nitrogens is 1. The second kappa shape index (κ2) is 3.14. The maximum absolute atomic E-state index is 3.32. The standard InChI is InChI=1S/C12H14N2/c1-2-10-4-5-14-12(10)11(3-1)6-9-7-13-8-9/h1-5,9,13-14H,6-8H2. The average Bonchev–Trinajstić information content (AvgIpc) is 2.59. The van der Waals surface area contributed by atoms with Crippen molar-refractivity contribution >= 4 is 10.9 Å². The van der Waals surface area contributed by atoms with Crippen LogP contribution < -0.4 is 5.32 Å². The van der Waals surface area contributed by atoms with Gasteiger partial charge in [-0.15, -0.1) is 0 Å². The summed E-state index contributed by atoms with van der Waals surface area (Å²) >= 11 is 0. The maximum Gasteiger partial charge on any atom is 0.0486 e. The van der Waals surface area contributed by atoms with Crippen LogP contribution in [0.2, 0.25) is 0 Å². The molecule has 2 N–H and O–H groups in total. The summed E-state index contributed by atoms with van der Waals surface area (Å²) in [6, 6.07) is 8.68. The predicted octanol–water partition coefficient (Wildman–Crippen LogP) is 1.93. The monoisotopic (exact) mass is 186 g/mol. The summed E-state index contributed by atoms with van der Waals surface area (Å²) in [5.41, 5.74) is 2.78. The molecule has 1 fully saturated rings. The number of rotatable bonds is 2. The number of nitrogens with one attached hydrogen (secondary N) is 2. The maximum atomic E-state index is 3.32. The van der Waals surface area contributed by atoms with Gasteiger partial charge in [0.2, 0.25) is 0 Å². The molecule has 2 heteroatoms. The largest absolute Gasteiger partial charge is 0.361 e. The van der Waals surface area contributed by atoms with E-state index < -0.39 is 0 Å². The summed E-state index contributed by atoms with van der Waals surface area (Å²) in [7, 11) is 0. The Hall–Kier alpha value is -1.28. The quantitative estimate of drug-likeness (QED) is 0.737. The molecule has 0 amide bonds. The van der Waals surface area contributed by atoms with Crippen molar-refractivity contribution in [1.29, 1.82) is 0 Å². The Morgan fingerprint density at radius 3 is 2.93 bits per heavy atom. The number of hydrogen-bond acceptors (Lipinski definition) is 1. The van der Waals surface area contributed by atoms with Crippen molar-refractivity contribution in [3.63, 3.8) is 0 Å². The summed E-state index contributed by atoms with van der Waals surface area (Å²) in [4.78, 5) is 3.32. The summed E-state index contributed by atoms with van der Waals surface area (Å²) in [6.07, 6.45) is 3.22. The first kappa shape index (κ1) is 8.06. The highest BCUT2D eigenvalue weighted by molar-refractivity contribution is 5.82. The van der Waals surface area contributed by atoms with Crippen molar-refractivity contribution in [3.8, 4) is 0 Å². The molecule has 1 aliphatic rings. The van der Waals surface area contributed by atoms with Gasteiger partial charge in [-0.05, 0) is 42.4 Å². The molecule has 2 nitrogen and oxygen atoms in total. The topological polar surface area (TPSA) is 27.8 Å². The molecule has 1 aromatic heterocycles. The molecule has 0 saturated carbocycles. The van der Waals surface area contributed by atoms with Crippen LogP contribution >= 0.6 is 0 Å². The van der Waals surface area contributed by atoms with E-state index in [2.05, 4.69) is 34.6 Å². The van der Waals surface area contributed by atoms with E-state index in [4.69, 9.17) is 0 Å². The van der Waals surface area contributed by atoms with Gasteiger partial charge in [0.25, 0.3) is 0 Å². The van der Waals surface area contributed by atoms with Crippen molar-refractivity contribution < 1.29 is 0 Å². The third kappa shape index (κ3) is 1.23. The molecule has 3 rings (SSSR count). The molecule has 0 atom stereocenters. The highest BCUT2D eigenvalue weighted by atomic mass is 14.9. The summed E-state index contributed by atoms with van der Waals surface area (Å²) in [6.45, 7) is 2.36. The number of hydrogen-bond donors (Lipinski definition) is 2. The van der Waals surface area contributed by atoms with E-state index in [0.29, 0.717) is 0 Å². The van der Waals surface area contributed by atoms with Crippen molar-refractivity contribution in [3.05, 3.63) is 36.0 Å². The lowest BCUT2D eigenvalue weighted by Crippen LogP contribution is -2.43. The predicted molar refractivity (Wildman–Crippen MR) is 58.4 cm³/mol. The number of fused-ring (bicyclic) bond motifs is 1. The van der Waals surface area contributed by atoms with Crippen LogP contribution in [0.15, 0.2) is 30.5 Å². The fourth-order valence-corrected chi connectivity index (χ4v) is 2.12. The van der Waals surface area contributed by atoms with Crippen molar-refractivity contribution in [2.45, 2.75) is 6.42 Å². The van der Waals surface area contributed by atoms with Crippen molar-refractivity contribution in [1.82, 2.24) is 10.3 Å². The van der Waals surface area contributed by atoms with Crippen LogP contribution in [0.1, 0.15) is 5.56 Å². The molecule has 72 valence electrons. The molecule has 0 spiro atoms. The first-order valence-electron chi connectivity index (χ1n) is 5.19. The first-order valence-corrected chi connectivity index (χ1v) is 5.19. The van der Waals surface area contributed by atoms with Gasteiger partial charge in [-0.1, -0.05) is 18.2 Å². The van der Waals surface area contributed by atoms with E-state index in [1.54, 1.807) is 0 Å². The van der Waals surface area contributed by atoms with Crippen LogP contribution in [-0.4, -0.2) is 18.1 Å². The molecule has 2 aromatic rings. The zero-order valence-corrected chi connectivity index (χ0v) is 8.09. The summed E-state index contributed by atoms with van der Waals surface area (Å²) in [5, 5.41) is 4.64. The molecule has 0 bridgehead atoms. The highest BCUT2D eigenvalue weighted by Gasteiger charge is 2.17. The van der Waals surface area contributed by atoms with Gasteiger partial charge >= 0.3 is 0 Å². The van der Waals surface area contributed by atoms with E-state index in [1.165, 1.54) is 36.0 Å². The smallest absolute Gasteiger partial charge is 0.0486 e. The van der Waals surface area contributed by atoms with Crippen LogP contribution in [0.3, 0.4) is 0 Å². The van der Waals surface area contributed by atoms with Crippen LogP contribution in [0.4, 0.5) is 0 Å². The molecule has 0 radical (unpaired) electrons. The lowest BCUT2D eigenvalue weighted by molar-refractivity contribution is 0.347. The second-order valence-electron chi connectivity index (χ2n) is 4.09. The number of para-hydroxylation sites is 1. The Bertz CT molecular complexity index is 440. The van der Waals surface area contributed by atoms with Gasteiger partial charge in [-0.3, -0.25) is 0 Å². The Kier molecular flexibility index (Phi) is 1.81. The minimum Gasteiger partial charge on any atom is -0.361 e. The van der Waals surface area contributed by atoms with Crippen LogP contribution in [0, 0.1) is 5.92 Å². The number of aromatic amines is 1. The van der Waals surface area contributed by atoms with Gasteiger partial charge in [0, 0.05) is 11.7 Å². The van der Waals surface area contributed by atoms with E-state index in [-0.39, 0.29) is 0 Å². The Balaban J connectivity index is 1.97. The van der Waals surface area contributed by atoms with Crippen LogP contribution in [0.5, 0.6) is 0 Å². The fraction of sp³-hybridized carbons (Fsp3) is 0.333.